The molecule has 5 rings (SSSR count). The van der Waals surface area contributed by atoms with Gasteiger partial charge in [-0.25, -0.2) is 0 Å². The van der Waals surface area contributed by atoms with E-state index in [0.29, 0.717) is 12.0 Å². The van der Waals surface area contributed by atoms with Gasteiger partial charge >= 0.3 is 0 Å². The van der Waals surface area contributed by atoms with Crippen molar-refractivity contribution in [3.05, 3.63) is 41.3 Å². The molecule has 1 aromatic carbocycles. The van der Waals surface area contributed by atoms with Crippen LogP contribution in [-0.2, 0) is 0 Å². The number of aromatic hydroxyl groups is 1. The molecule has 0 aliphatic carbocycles. The third-order valence-electron chi connectivity index (χ3n) is 5.36. The first kappa shape index (κ1) is 16.9. The van der Waals surface area contributed by atoms with E-state index in [4.69, 9.17) is 0 Å². The molecule has 0 spiro atoms. The van der Waals surface area contributed by atoms with Gasteiger partial charge in [-0.1, -0.05) is 23.9 Å². The molecule has 3 fully saturated rings. The van der Waals surface area contributed by atoms with Gasteiger partial charge < -0.3 is 10.4 Å². The van der Waals surface area contributed by atoms with E-state index in [1.807, 2.05) is 30.3 Å². The van der Waals surface area contributed by atoms with Gasteiger partial charge in [-0.05, 0) is 63.0 Å². The van der Waals surface area contributed by atoms with Crippen molar-refractivity contribution in [2.45, 2.75) is 41.0 Å². The van der Waals surface area contributed by atoms with Crippen LogP contribution in [-0.4, -0.2) is 41.1 Å². The molecule has 3 aliphatic heterocycles. The largest absolute Gasteiger partial charge is 0.507 e. The standard InChI is InChI=1S/C19H22N2O2S2/c1-12-18(13-8-10-21(12)11-9-13)20-19(23)16-6-7-17(25-16)24-15-5-3-2-4-14(15)22/h2-7,12-13,18,22H,8-11H2,1H3,(H,20,23). The molecule has 4 nitrogen and oxygen atoms in total. The number of carbonyl (C=O) groups excluding carboxylic acids is 1. The van der Waals surface area contributed by atoms with E-state index in [2.05, 4.69) is 17.1 Å². The number of benzene rings is 1. The zero-order valence-electron chi connectivity index (χ0n) is 14.1. The van der Waals surface area contributed by atoms with Crippen LogP contribution in [0, 0.1) is 5.92 Å². The topological polar surface area (TPSA) is 52.6 Å². The summed E-state index contributed by atoms with van der Waals surface area (Å²) in [6.45, 7) is 4.56. The Hall–Kier alpha value is -1.50. The van der Waals surface area contributed by atoms with Crippen molar-refractivity contribution in [3.63, 3.8) is 0 Å². The van der Waals surface area contributed by atoms with Crippen molar-refractivity contribution in [2.24, 2.45) is 5.92 Å². The van der Waals surface area contributed by atoms with Gasteiger partial charge in [0.25, 0.3) is 5.91 Å². The quantitative estimate of drug-likeness (QED) is 0.854. The van der Waals surface area contributed by atoms with E-state index in [9.17, 15) is 9.90 Å². The predicted molar refractivity (Wildman–Crippen MR) is 102 cm³/mol. The number of nitrogens with one attached hydrogen (secondary N) is 1. The molecule has 2 atom stereocenters. The highest BCUT2D eigenvalue weighted by molar-refractivity contribution is 8.01. The van der Waals surface area contributed by atoms with Gasteiger partial charge in [0, 0.05) is 12.1 Å². The van der Waals surface area contributed by atoms with Crippen LogP contribution in [0.25, 0.3) is 0 Å². The molecule has 25 heavy (non-hydrogen) atoms. The number of carbonyl (C=O) groups is 1. The molecule has 2 unspecified atom stereocenters. The van der Waals surface area contributed by atoms with Crippen LogP contribution in [0.2, 0.25) is 0 Å². The van der Waals surface area contributed by atoms with Gasteiger partial charge in [0.05, 0.1) is 14.0 Å². The Morgan fingerprint density at radius 3 is 2.72 bits per heavy atom. The predicted octanol–water partition coefficient (Wildman–Crippen LogP) is 3.82. The summed E-state index contributed by atoms with van der Waals surface area (Å²) in [5.41, 5.74) is 0. The van der Waals surface area contributed by atoms with Crippen LogP contribution < -0.4 is 5.32 Å². The molecule has 6 heteroatoms. The molecule has 1 amide bonds. The second-order valence-electron chi connectivity index (χ2n) is 6.80. The lowest BCUT2D eigenvalue weighted by Crippen LogP contribution is -2.62. The summed E-state index contributed by atoms with van der Waals surface area (Å²) in [5.74, 6) is 0.909. The summed E-state index contributed by atoms with van der Waals surface area (Å²) in [7, 11) is 0. The van der Waals surface area contributed by atoms with Gasteiger partial charge in [0.1, 0.15) is 5.75 Å². The minimum atomic E-state index is 0.0275. The highest BCUT2D eigenvalue weighted by Gasteiger charge is 2.40. The van der Waals surface area contributed by atoms with Gasteiger partial charge in [0.15, 0.2) is 0 Å². The lowest BCUT2D eigenvalue weighted by molar-refractivity contribution is 0.0218. The van der Waals surface area contributed by atoms with Crippen molar-refractivity contribution in [3.8, 4) is 5.75 Å². The summed E-state index contributed by atoms with van der Waals surface area (Å²) >= 11 is 2.97. The Morgan fingerprint density at radius 1 is 1.24 bits per heavy atom. The van der Waals surface area contributed by atoms with Crippen molar-refractivity contribution in [1.29, 1.82) is 0 Å². The lowest BCUT2D eigenvalue weighted by Gasteiger charge is -2.49. The maximum Gasteiger partial charge on any atom is 0.261 e. The maximum atomic E-state index is 12.7. The van der Waals surface area contributed by atoms with Crippen molar-refractivity contribution < 1.29 is 9.90 Å². The third-order valence-corrected chi connectivity index (χ3v) is 7.64. The van der Waals surface area contributed by atoms with E-state index in [1.165, 1.54) is 49.0 Å². The number of amides is 1. The molecule has 2 N–H and O–H groups in total. The van der Waals surface area contributed by atoms with Crippen LogP contribution in [0.5, 0.6) is 5.75 Å². The van der Waals surface area contributed by atoms with Gasteiger partial charge in [0.2, 0.25) is 0 Å². The van der Waals surface area contributed by atoms with Crippen molar-refractivity contribution >= 4 is 29.0 Å². The van der Waals surface area contributed by atoms with E-state index >= 15 is 0 Å². The SMILES string of the molecule is CC1C(NC(=O)c2ccc(Sc3ccccc3O)s2)C2CCN1CC2. The van der Waals surface area contributed by atoms with Crippen molar-refractivity contribution in [2.75, 3.05) is 13.1 Å². The van der Waals surface area contributed by atoms with Gasteiger partial charge in [-0.15, -0.1) is 11.3 Å². The molecule has 1 aromatic heterocycles. The number of nitrogens with zero attached hydrogens (tertiary/aromatic N) is 1. The third kappa shape index (κ3) is 3.43. The summed E-state index contributed by atoms with van der Waals surface area (Å²) in [6.07, 6.45) is 2.38. The Balaban J connectivity index is 1.43. The highest BCUT2D eigenvalue weighted by Crippen LogP contribution is 2.38. The van der Waals surface area contributed by atoms with E-state index in [1.54, 1.807) is 6.07 Å². The fraction of sp³-hybridized carbons (Fsp3) is 0.421. The highest BCUT2D eigenvalue weighted by atomic mass is 32.2. The summed E-state index contributed by atoms with van der Waals surface area (Å²) in [5, 5.41) is 13.2. The molecule has 0 saturated carbocycles. The Kier molecular flexibility index (Phi) is 4.75. The molecule has 2 aromatic rings. The van der Waals surface area contributed by atoms with Crippen LogP contribution >= 0.6 is 23.1 Å². The average Bonchev–Trinajstić information content (AvgIpc) is 3.09. The number of rotatable bonds is 4. The molecule has 0 radical (unpaired) electrons. The number of thiophene rings is 1. The first-order valence-electron chi connectivity index (χ1n) is 8.72. The zero-order valence-corrected chi connectivity index (χ0v) is 15.8. The first-order valence-corrected chi connectivity index (χ1v) is 10.4. The second-order valence-corrected chi connectivity index (χ2v) is 9.23. The van der Waals surface area contributed by atoms with Crippen LogP contribution in [0.1, 0.15) is 29.4 Å². The van der Waals surface area contributed by atoms with Crippen LogP contribution in [0.3, 0.4) is 0 Å². The second kappa shape index (κ2) is 7.02. The molecule has 3 aliphatic rings. The fourth-order valence-corrected chi connectivity index (χ4v) is 5.93. The van der Waals surface area contributed by atoms with E-state index in [0.717, 1.165) is 14.0 Å². The Bertz CT molecular complexity index is 766. The molecule has 3 saturated heterocycles. The monoisotopic (exact) mass is 374 g/mol. The first-order chi connectivity index (χ1) is 12.1. The molecule has 132 valence electrons. The normalized spacial score (nSPS) is 28.0. The number of piperidine rings is 3. The van der Waals surface area contributed by atoms with E-state index in [-0.39, 0.29) is 17.7 Å². The number of hydrogen-bond acceptors (Lipinski definition) is 5. The number of phenols is 1. The molecular weight excluding hydrogens is 352 g/mol. The molecule has 4 heterocycles. The number of fused-ring (bicyclic) bond motifs is 3. The lowest BCUT2D eigenvalue weighted by atomic mass is 9.79. The van der Waals surface area contributed by atoms with Crippen LogP contribution in [0.4, 0.5) is 0 Å². The average molecular weight is 375 g/mol. The van der Waals surface area contributed by atoms with Crippen molar-refractivity contribution in [1.82, 2.24) is 10.2 Å². The van der Waals surface area contributed by atoms with E-state index < -0.39 is 0 Å². The number of hydrogen-bond donors (Lipinski definition) is 2. The number of para-hydroxylation sites is 1. The molecular formula is C19H22N2O2S2. The summed E-state index contributed by atoms with van der Waals surface area (Å²) in [6, 6.07) is 11.8. The molecule has 2 bridgehead atoms. The fourth-order valence-electron chi connectivity index (χ4n) is 3.92. The minimum Gasteiger partial charge on any atom is -0.507 e. The van der Waals surface area contributed by atoms with Gasteiger partial charge in [-0.3, -0.25) is 9.69 Å². The Labute approximate surface area is 156 Å². The maximum absolute atomic E-state index is 12.7. The smallest absolute Gasteiger partial charge is 0.261 e. The van der Waals surface area contributed by atoms with Gasteiger partial charge in [-0.2, -0.15) is 0 Å². The zero-order chi connectivity index (χ0) is 17.4. The number of phenolic OH excluding ortho intramolecular Hbond substituents is 1. The summed E-state index contributed by atoms with van der Waals surface area (Å²) in [4.78, 5) is 16.7. The van der Waals surface area contributed by atoms with Crippen LogP contribution in [0.15, 0.2) is 45.5 Å². The summed E-state index contributed by atoms with van der Waals surface area (Å²) < 4.78 is 1.01. The Morgan fingerprint density at radius 2 is 2.00 bits per heavy atom. The minimum absolute atomic E-state index is 0.0275.